The molecule has 2 aliphatic rings. The second-order valence-electron chi connectivity index (χ2n) is 19.5. The summed E-state index contributed by atoms with van der Waals surface area (Å²) in [4.78, 5) is 14.0. The third-order valence-corrected chi connectivity index (χ3v) is 12.4. The molecular weight excluding hydrogens is 846 g/mol. The van der Waals surface area contributed by atoms with Gasteiger partial charge in [-0.2, -0.15) is 0 Å². The summed E-state index contributed by atoms with van der Waals surface area (Å²) in [7, 11) is 0. The van der Waals surface area contributed by atoms with Crippen molar-refractivity contribution in [1.82, 2.24) is 20.6 Å². The first-order valence-corrected chi connectivity index (χ1v) is 23.4. The van der Waals surface area contributed by atoms with Crippen LogP contribution >= 0.6 is 23.2 Å². The third-order valence-electron chi connectivity index (χ3n) is 11.9. The van der Waals surface area contributed by atoms with Gasteiger partial charge in [-0.05, 0) is 128 Å². The first-order valence-electron chi connectivity index (χ1n) is 22.6. The topological polar surface area (TPSA) is 80.4 Å². The first kappa shape index (κ1) is 47.2. The van der Waals surface area contributed by atoms with Gasteiger partial charge in [-0.1, -0.05) is 71.7 Å². The van der Waals surface area contributed by atoms with Crippen LogP contribution in [0.2, 0.25) is 10.0 Å². The van der Waals surface area contributed by atoms with Crippen molar-refractivity contribution in [1.29, 1.82) is 0 Å². The zero-order chi connectivity index (χ0) is 45.8. The summed E-state index contributed by atoms with van der Waals surface area (Å²) in [6, 6.07) is 28.2. The van der Waals surface area contributed by atoms with E-state index in [9.17, 15) is 0 Å². The van der Waals surface area contributed by atoms with Crippen LogP contribution in [0.25, 0.3) is 21.8 Å². The summed E-state index contributed by atoms with van der Waals surface area (Å²) < 4.78 is 30.1. The lowest BCUT2D eigenvalue weighted by Gasteiger charge is -2.37. The van der Waals surface area contributed by atoms with Crippen molar-refractivity contribution in [3.8, 4) is 0 Å². The Morgan fingerprint density at radius 1 is 0.547 bits per heavy atom. The Kier molecular flexibility index (Phi) is 14.9. The average molecular weight is 910 g/mol. The lowest BCUT2D eigenvalue weighted by molar-refractivity contribution is 0.317. The fourth-order valence-electron chi connectivity index (χ4n) is 8.73. The number of piperidine rings is 2. The fraction of sp³-hybridized carbons (Fsp3) is 0.423. The molecule has 4 heterocycles. The molecule has 0 bridgehead atoms. The van der Waals surface area contributed by atoms with Gasteiger partial charge in [0.1, 0.15) is 22.7 Å². The van der Waals surface area contributed by atoms with Gasteiger partial charge in [0.2, 0.25) is 0 Å². The quantitative estimate of drug-likeness (QED) is 0.108. The third kappa shape index (κ3) is 12.3. The monoisotopic (exact) mass is 908 g/mol. The van der Waals surface area contributed by atoms with Crippen molar-refractivity contribution >= 4 is 68.0 Å². The number of aryl methyl sites for hydroxylation is 2. The van der Waals surface area contributed by atoms with Crippen LogP contribution in [-0.2, 0) is 13.1 Å². The summed E-state index contributed by atoms with van der Waals surface area (Å²) in [5, 5.41) is 17.3. The Labute approximate surface area is 388 Å². The highest BCUT2D eigenvalue weighted by Crippen LogP contribution is 2.35. The summed E-state index contributed by atoms with van der Waals surface area (Å²) in [6.07, 6.45) is 4.23. The van der Waals surface area contributed by atoms with Crippen molar-refractivity contribution in [2.24, 2.45) is 0 Å². The predicted molar refractivity (Wildman–Crippen MR) is 267 cm³/mol. The van der Waals surface area contributed by atoms with Crippen LogP contribution in [0, 0.1) is 25.5 Å². The number of anilines is 4. The Morgan fingerprint density at radius 2 is 0.891 bits per heavy atom. The minimum Gasteiger partial charge on any atom is -0.371 e. The van der Waals surface area contributed by atoms with Gasteiger partial charge in [0, 0.05) is 107 Å². The van der Waals surface area contributed by atoms with Crippen LogP contribution < -0.4 is 31.1 Å². The molecule has 2 saturated heterocycles. The summed E-state index contributed by atoms with van der Waals surface area (Å²) in [5.74, 6) is 0.870. The fourth-order valence-corrected chi connectivity index (χ4v) is 8.98. The molecule has 0 radical (unpaired) electrons. The molecule has 0 saturated carbocycles. The van der Waals surface area contributed by atoms with Gasteiger partial charge in [-0.15, -0.1) is 0 Å². The van der Waals surface area contributed by atoms with Gasteiger partial charge in [-0.3, -0.25) is 0 Å². The SMILES string of the molecule is Cc1ccc2c(N3CCC(NC(C)(C)C)CC3)cc(NCc3ccc(Cl)cc3)nc2c1F.Cc1ccc2c(N3CCC(NC(C)(C)C)CC3)cc(NCc3ccc(Cl)cc3)nc2c1F. The molecule has 0 atom stereocenters. The van der Waals surface area contributed by atoms with E-state index in [0.29, 0.717) is 69.0 Å². The number of benzene rings is 4. The van der Waals surface area contributed by atoms with Gasteiger partial charge in [0.05, 0.1) is 0 Å². The highest BCUT2D eigenvalue weighted by molar-refractivity contribution is 6.30. The molecular formula is C52H64Cl2F2N8. The molecule has 2 aliphatic heterocycles. The number of nitrogens with one attached hydrogen (secondary N) is 4. The van der Waals surface area contributed by atoms with E-state index in [1.165, 1.54) is 0 Å². The van der Waals surface area contributed by atoms with Crippen molar-refractivity contribution in [3.63, 3.8) is 0 Å². The molecule has 4 N–H and O–H groups in total. The molecule has 0 aliphatic carbocycles. The molecule has 6 aromatic rings. The molecule has 0 amide bonds. The van der Waals surface area contributed by atoms with Crippen LogP contribution in [-0.4, -0.2) is 59.3 Å². The van der Waals surface area contributed by atoms with E-state index < -0.39 is 0 Å². The molecule has 4 aromatic carbocycles. The molecule has 340 valence electrons. The maximum absolute atomic E-state index is 15.0. The molecule has 8 rings (SSSR count). The summed E-state index contributed by atoms with van der Waals surface area (Å²) >= 11 is 12.0. The molecule has 0 spiro atoms. The van der Waals surface area contributed by atoms with E-state index >= 15 is 8.78 Å². The Morgan fingerprint density at radius 3 is 1.22 bits per heavy atom. The number of fused-ring (bicyclic) bond motifs is 2. The highest BCUT2D eigenvalue weighted by Gasteiger charge is 2.27. The number of halogens is 4. The minimum absolute atomic E-state index is 0.107. The Hall–Kier alpha value is -4.74. The summed E-state index contributed by atoms with van der Waals surface area (Å²) in [6.45, 7) is 21.7. The van der Waals surface area contributed by atoms with Crippen molar-refractivity contribution < 1.29 is 8.78 Å². The second kappa shape index (κ2) is 20.2. The van der Waals surface area contributed by atoms with E-state index in [0.717, 1.165) is 85.1 Å². The Bertz CT molecular complexity index is 2340. The average Bonchev–Trinajstić information content (AvgIpc) is 3.25. The predicted octanol–water partition coefficient (Wildman–Crippen LogP) is 12.6. The van der Waals surface area contributed by atoms with Crippen molar-refractivity contribution in [3.05, 3.63) is 129 Å². The van der Waals surface area contributed by atoms with Crippen LogP contribution in [0.15, 0.2) is 84.9 Å². The molecule has 2 aromatic heterocycles. The Balaban J connectivity index is 0.000000191. The molecule has 2 fully saturated rings. The molecule has 8 nitrogen and oxygen atoms in total. The van der Waals surface area contributed by atoms with Gasteiger partial charge in [-0.25, -0.2) is 18.7 Å². The molecule has 64 heavy (non-hydrogen) atoms. The smallest absolute Gasteiger partial charge is 0.152 e. The number of aromatic nitrogens is 2. The number of pyridine rings is 2. The first-order chi connectivity index (χ1) is 30.4. The minimum atomic E-state index is -0.247. The van der Waals surface area contributed by atoms with Gasteiger partial charge < -0.3 is 31.1 Å². The maximum Gasteiger partial charge on any atom is 0.152 e. The van der Waals surface area contributed by atoms with E-state index in [4.69, 9.17) is 23.2 Å². The van der Waals surface area contributed by atoms with E-state index in [1.54, 1.807) is 13.8 Å². The van der Waals surface area contributed by atoms with Crippen molar-refractivity contribution in [2.45, 2.75) is 117 Å². The number of hydrogen-bond donors (Lipinski definition) is 4. The van der Waals surface area contributed by atoms with Crippen LogP contribution in [0.4, 0.5) is 31.8 Å². The van der Waals surface area contributed by atoms with Crippen LogP contribution in [0.5, 0.6) is 0 Å². The second-order valence-corrected chi connectivity index (χ2v) is 20.4. The summed E-state index contributed by atoms with van der Waals surface area (Å²) in [5.41, 5.74) is 6.56. The van der Waals surface area contributed by atoms with E-state index in [-0.39, 0.29) is 22.7 Å². The number of hydrogen-bond acceptors (Lipinski definition) is 8. The largest absolute Gasteiger partial charge is 0.371 e. The standard InChI is InChI=1S/2C26H32ClFN4/c2*1-17-5-10-21-22(32-13-11-20(12-14-32)31-26(2,3)4)15-23(30-25(21)24(17)28)29-16-18-6-8-19(27)9-7-18/h2*5-10,15,20,31H,11-14,16H2,1-4H3,(H,29,30). The lowest BCUT2D eigenvalue weighted by Crippen LogP contribution is -2.49. The number of nitrogens with zero attached hydrogens (tertiary/aromatic N) is 4. The lowest BCUT2D eigenvalue weighted by atomic mass is 9.99. The highest BCUT2D eigenvalue weighted by atomic mass is 35.5. The zero-order valence-corrected chi connectivity index (χ0v) is 40.1. The van der Waals surface area contributed by atoms with Gasteiger partial charge >= 0.3 is 0 Å². The van der Waals surface area contributed by atoms with Gasteiger partial charge in [0.15, 0.2) is 11.6 Å². The maximum atomic E-state index is 15.0. The van der Waals surface area contributed by atoms with Crippen LogP contribution in [0.1, 0.15) is 89.5 Å². The van der Waals surface area contributed by atoms with Gasteiger partial charge in [0.25, 0.3) is 0 Å². The molecule has 0 unspecified atom stereocenters. The van der Waals surface area contributed by atoms with Crippen molar-refractivity contribution in [2.75, 3.05) is 46.6 Å². The number of rotatable bonds is 10. The normalized spacial score (nSPS) is 15.4. The van der Waals surface area contributed by atoms with E-state index in [1.807, 2.05) is 72.8 Å². The zero-order valence-electron chi connectivity index (χ0n) is 38.6. The molecule has 12 heteroatoms. The van der Waals surface area contributed by atoms with E-state index in [2.05, 4.69) is 94.7 Å². The van der Waals surface area contributed by atoms with Crippen LogP contribution in [0.3, 0.4) is 0 Å².